The molecule has 0 radical (unpaired) electrons. The first-order valence-electron chi connectivity index (χ1n) is 4.77. The second-order valence-electron chi connectivity index (χ2n) is 3.34. The zero-order chi connectivity index (χ0) is 11.7. The summed E-state index contributed by atoms with van der Waals surface area (Å²) in [5.41, 5.74) is 0.159. The topological polar surface area (TPSA) is 62.5 Å². The van der Waals surface area contributed by atoms with Gasteiger partial charge in [0.05, 0.1) is 5.39 Å². The Morgan fingerprint density at radius 1 is 1.44 bits per heavy atom. The van der Waals surface area contributed by atoms with Crippen LogP contribution in [0.4, 0.5) is 0 Å². The summed E-state index contributed by atoms with van der Waals surface area (Å²) in [6.07, 6.45) is 0. The van der Waals surface area contributed by atoms with Crippen LogP contribution in [0.2, 0.25) is 0 Å². The van der Waals surface area contributed by atoms with Crippen LogP contribution in [0.25, 0.3) is 16.7 Å². The molecule has 82 valence electrons. The summed E-state index contributed by atoms with van der Waals surface area (Å²) in [4.78, 5) is 11.6. The minimum Gasteiger partial charge on any atom is -0.506 e. The van der Waals surface area contributed by atoms with E-state index >= 15 is 0 Å². The van der Waals surface area contributed by atoms with Gasteiger partial charge in [0.1, 0.15) is 16.9 Å². The molecule has 0 spiro atoms. The third-order valence-electron chi connectivity index (χ3n) is 2.39. The lowest BCUT2D eigenvalue weighted by Gasteiger charge is -2.07. The average Bonchev–Trinajstić information content (AvgIpc) is 2.28. The van der Waals surface area contributed by atoms with Gasteiger partial charge >= 0.3 is 5.63 Å². The van der Waals surface area contributed by atoms with Gasteiger partial charge in [0.15, 0.2) is 0 Å². The maximum Gasteiger partial charge on any atom is 0.349 e. The number of nitrogens with one attached hydrogen (secondary N) is 1. The Balaban J connectivity index is 2.86. The smallest absolute Gasteiger partial charge is 0.349 e. The van der Waals surface area contributed by atoms with E-state index in [4.69, 9.17) is 4.42 Å². The van der Waals surface area contributed by atoms with Gasteiger partial charge in [-0.15, -0.1) is 0 Å². The maximum absolute atomic E-state index is 11.6. The fourth-order valence-electron chi connectivity index (χ4n) is 1.52. The van der Waals surface area contributed by atoms with Crippen molar-refractivity contribution in [2.45, 2.75) is 0 Å². The molecule has 1 aromatic heterocycles. The molecule has 1 heterocycles. The lowest BCUT2D eigenvalue weighted by Crippen LogP contribution is -2.13. The standard InChI is InChI=1S/C12H11NO3/c1-7(13-2)10-11(14)8-5-3-4-6-9(8)16-12(10)15/h3-6,13-14H,1H2,2H3. The van der Waals surface area contributed by atoms with Crippen molar-refractivity contribution < 1.29 is 9.52 Å². The maximum atomic E-state index is 11.6. The summed E-state index contributed by atoms with van der Waals surface area (Å²) in [6, 6.07) is 6.80. The zero-order valence-electron chi connectivity index (χ0n) is 8.78. The Labute approximate surface area is 91.8 Å². The molecule has 0 bridgehead atoms. The normalized spacial score (nSPS) is 10.3. The molecule has 0 unspecified atom stereocenters. The highest BCUT2D eigenvalue weighted by Crippen LogP contribution is 2.28. The van der Waals surface area contributed by atoms with Gasteiger partial charge in [0, 0.05) is 12.7 Å². The molecule has 0 saturated carbocycles. The van der Waals surface area contributed by atoms with Crippen LogP contribution in [0.5, 0.6) is 5.75 Å². The van der Waals surface area contributed by atoms with Crippen molar-refractivity contribution in [3.63, 3.8) is 0 Å². The van der Waals surface area contributed by atoms with Crippen molar-refractivity contribution in [2.24, 2.45) is 0 Å². The Bertz CT molecular complexity index is 613. The van der Waals surface area contributed by atoms with E-state index in [0.29, 0.717) is 16.7 Å². The zero-order valence-corrected chi connectivity index (χ0v) is 8.78. The number of hydrogen-bond donors (Lipinski definition) is 2. The van der Waals surface area contributed by atoms with Crippen LogP contribution in [0.1, 0.15) is 5.56 Å². The Morgan fingerprint density at radius 3 is 2.81 bits per heavy atom. The van der Waals surface area contributed by atoms with Gasteiger partial charge in [0.2, 0.25) is 0 Å². The molecule has 0 aliphatic rings. The van der Waals surface area contributed by atoms with Crippen LogP contribution in [-0.2, 0) is 0 Å². The first-order valence-corrected chi connectivity index (χ1v) is 4.77. The summed E-state index contributed by atoms with van der Waals surface area (Å²) in [5, 5.41) is 13.2. The monoisotopic (exact) mass is 217 g/mol. The van der Waals surface area contributed by atoms with Crippen LogP contribution < -0.4 is 10.9 Å². The molecule has 0 aliphatic carbocycles. The first-order chi connectivity index (χ1) is 7.65. The summed E-state index contributed by atoms with van der Waals surface area (Å²) in [7, 11) is 1.62. The SMILES string of the molecule is C=C(NC)c1c(O)c2ccccc2oc1=O. The molecular formula is C12H11NO3. The number of rotatable bonds is 2. The number of benzene rings is 1. The third kappa shape index (κ3) is 1.44. The van der Waals surface area contributed by atoms with E-state index in [1.165, 1.54) is 0 Å². The lowest BCUT2D eigenvalue weighted by atomic mass is 10.1. The molecular weight excluding hydrogens is 206 g/mol. The molecule has 16 heavy (non-hydrogen) atoms. The third-order valence-corrected chi connectivity index (χ3v) is 2.39. The number of aromatic hydroxyl groups is 1. The van der Waals surface area contributed by atoms with Crippen LogP contribution in [0.3, 0.4) is 0 Å². The summed E-state index contributed by atoms with van der Waals surface area (Å²) in [6.45, 7) is 3.64. The van der Waals surface area contributed by atoms with Crippen LogP contribution >= 0.6 is 0 Å². The highest BCUT2D eigenvalue weighted by atomic mass is 16.4. The Morgan fingerprint density at radius 2 is 2.12 bits per heavy atom. The summed E-state index contributed by atoms with van der Waals surface area (Å²) >= 11 is 0. The summed E-state index contributed by atoms with van der Waals surface area (Å²) in [5.74, 6) is -0.105. The molecule has 0 amide bonds. The first kappa shape index (κ1) is 10.3. The van der Waals surface area contributed by atoms with E-state index in [2.05, 4.69) is 11.9 Å². The molecule has 4 nitrogen and oxygen atoms in total. The number of para-hydroxylation sites is 1. The van der Waals surface area contributed by atoms with Gasteiger partial charge in [-0.25, -0.2) is 4.79 Å². The van der Waals surface area contributed by atoms with E-state index in [9.17, 15) is 9.90 Å². The van der Waals surface area contributed by atoms with Crippen molar-refractivity contribution in [3.8, 4) is 5.75 Å². The number of fused-ring (bicyclic) bond motifs is 1. The minimum atomic E-state index is -0.601. The van der Waals surface area contributed by atoms with E-state index in [1.807, 2.05) is 0 Å². The second-order valence-corrected chi connectivity index (χ2v) is 3.34. The van der Waals surface area contributed by atoms with Crippen molar-refractivity contribution in [2.75, 3.05) is 7.05 Å². The molecule has 2 aromatic rings. The predicted octanol–water partition coefficient (Wildman–Crippen LogP) is 1.69. The van der Waals surface area contributed by atoms with E-state index in [-0.39, 0.29) is 11.3 Å². The van der Waals surface area contributed by atoms with Crippen molar-refractivity contribution in [1.29, 1.82) is 0 Å². The van der Waals surface area contributed by atoms with Gasteiger partial charge in [-0.3, -0.25) is 0 Å². The van der Waals surface area contributed by atoms with Gasteiger partial charge in [-0.2, -0.15) is 0 Å². The van der Waals surface area contributed by atoms with Crippen LogP contribution in [0.15, 0.2) is 40.1 Å². The highest BCUT2D eigenvalue weighted by Gasteiger charge is 2.15. The highest BCUT2D eigenvalue weighted by molar-refractivity contribution is 5.87. The minimum absolute atomic E-state index is 0.0706. The molecule has 0 saturated heterocycles. The predicted molar refractivity (Wildman–Crippen MR) is 62.2 cm³/mol. The van der Waals surface area contributed by atoms with Crippen molar-refractivity contribution >= 4 is 16.7 Å². The van der Waals surface area contributed by atoms with Crippen molar-refractivity contribution in [3.05, 3.63) is 46.8 Å². The second kappa shape index (κ2) is 3.73. The fourth-order valence-corrected chi connectivity index (χ4v) is 1.52. The molecule has 2 N–H and O–H groups in total. The molecule has 0 fully saturated rings. The van der Waals surface area contributed by atoms with Gasteiger partial charge in [0.25, 0.3) is 0 Å². The molecule has 4 heteroatoms. The largest absolute Gasteiger partial charge is 0.506 e. The summed E-state index contributed by atoms with van der Waals surface area (Å²) < 4.78 is 5.08. The average molecular weight is 217 g/mol. The fraction of sp³-hybridized carbons (Fsp3) is 0.0833. The molecule has 0 aliphatic heterocycles. The molecule has 2 rings (SSSR count). The Hall–Kier alpha value is -2.23. The Kier molecular flexibility index (Phi) is 2.40. The van der Waals surface area contributed by atoms with E-state index < -0.39 is 5.63 Å². The van der Waals surface area contributed by atoms with Crippen LogP contribution in [0, 0.1) is 0 Å². The van der Waals surface area contributed by atoms with Gasteiger partial charge < -0.3 is 14.8 Å². The molecule has 0 atom stereocenters. The van der Waals surface area contributed by atoms with Crippen LogP contribution in [-0.4, -0.2) is 12.2 Å². The van der Waals surface area contributed by atoms with Gasteiger partial charge in [-0.1, -0.05) is 18.7 Å². The number of hydrogen-bond acceptors (Lipinski definition) is 4. The van der Waals surface area contributed by atoms with Gasteiger partial charge in [-0.05, 0) is 12.1 Å². The van der Waals surface area contributed by atoms with E-state index in [1.54, 1.807) is 31.3 Å². The van der Waals surface area contributed by atoms with Crippen molar-refractivity contribution in [1.82, 2.24) is 5.32 Å². The quantitative estimate of drug-likeness (QED) is 0.751. The molecule has 1 aromatic carbocycles. The van der Waals surface area contributed by atoms with E-state index in [0.717, 1.165) is 0 Å². The lowest BCUT2D eigenvalue weighted by molar-refractivity contribution is 0.464.